The summed E-state index contributed by atoms with van der Waals surface area (Å²) in [6.45, 7) is -2.12. The molecule has 0 aliphatic carbocycles. The van der Waals surface area contributed by atoms with Gasteiger partial charge in [-0.15, -0.1) is 24.0 Å². The molecule has 2 rings (SSSR count). The lowest BCUT2D eigenvalue weighted by molar-refractivity contribution is -0.0504. The summed E-state index contributed by atoms with van der Waals surface area (Å²) in [5, 5.41) is 6.11. The van der Waals surface area contributed by atoms with E-state index in [-0.39, 0.29) is 36.3 Å². The van der Waals surface area contributed by atoms with Crippen LogP contribution in [0.15, 0.2) is 59.6 Å². The highest BCUT2D eigenvalue weighted by Gasteiger charge is 2.09. The first-order valence-electron chi connectivity index (χ1n) is 8.44. The van der Waals surface area contributed by atoms with Crippen molar-refractivity contribution < 1.29 is 17.7 Å². The smallest absolute Gasteiger partial charge is 0.387 e. The number of benzene rings is 2. The van der Waals surface area contributed by atoms with Crippen LogP contribution in [-0.2, 0) is 23.1 Å². The van der Waals surface area contributed by atoms with E-state index in [1.54, 1.807) is 25.2 Å². The highest BCUT2D eigenvalue weighted by atomic mass is 127. The minimum atomic E-state index is -2.87. The molecule has 0 aromatic heterocycles. The van der Waals surface area contributed by atoms with Crippen LogP contribution in [0.3, 0.4) is 0 Å². The van der Waals surface area contributed by atoms with Crippen molar-refractivity contribution in [3.63, 3.8) is 0 Å². The van der Waals surface area contributed by atoms with E-state index in [9.17, 15) is 13.0 Å². The molecular formula is C19H24F2IN3O2S. The number of hydrogen-bond acceptors (Lipinski definition) is 3. The number of rotatable bonds is 9. The molecule has 2 N–H and O–H groups in total. The molecule has 0 aliphatic heterocycles. The van der Waals surface area contributed by atoms with Crippen molar-refractivity contribution >= 4 is 40.7 Å². The van der Waals surface area contributed by atoms with E-state index in [0.29, 0.717) is 29.6 Å². The first-order valence-corrected chi connectivity index (χ1v) is 9.93. The van der Waals surface area contributed by atoms with Crippen molar-refractivity contribution in [2.75, 3.05) is 19.3 Å². The normalized spacial score (nSPS) is 12.2. The Hall–Kier alpha value is -1.75. The van der Waals surface area contributed by atoms with Gasteiger partial charge < -0.3 is 15.4 Å². The molecule has 0 saturated carbocycles. The van der Waals surface area contributed by atoms with Crippen molar-refractivity contribution in [2.24, 2.45) is 4.99 Å². The summed E-state index contributed by atoms with van der Waals surface area (Å²) in [6, 6.07) is 16.2. The molecule has 5 nitrogen and oxygen atoms in total. The summed E-state index contributed by atoms with van der Waals surface area (Å²) in [5.74, 6) is 1.60. The maximum Gasteiger partial charge on any atom is 0.387 e. The second kappa shape index (κ2) is 13.4. The van der Waals surface area contributed by atoms with Crippen molar-refractivity contribution in [1.82, 2.24) is 10.6 Å². The molecule has 1 unspecified atom stereocenters. The quantitative estimate of drug-likeness (QED) is 0.300. The molecule has 0 heterocycles. The maximum absolute atomic E-state index is 12.5. The topological polar surface area (TPSA) is 62.7 Å². The third-order valence-electron chi connectivity index (χ3n) is 3.65. The van der Waals surface area contributed by atoms with Crippen LogP contribution in [0.4, 0.5) is 8.78 Å². The highest BCUT2D eigenvalue weighted by molar-refractivity contribution is 14.0. The molecule has 0 fully saturated rings. The van der Waals surface area contributed by atoms with Gasteiger partial charge in [0.2, 0.25) is 0 Å². The van der Waals surface area contributed by atoms with Gasteiger partial charge in [-0.05, 0) is 11.6 Å². The number of ether oxygens (including phenoxy) is 1. The maximum atomic E-state index is 12.5. The Morgan fingerprint density at radius 1 is 1.11 bits per heavy atom. The third-order valence-corrected chi connectivity index (χ3v) is 4.97. The van der Waals surface area contributed by atoms with Crippen LogP contribution in [0.1, 0.15) is 11.1 Å². The Morgan fingerprint density at radius 2 is 1.79 bits per heavy atom. The van der Waals surface area contributed by atoms with E-state index >= 15 is 0 Å². The second-order valence-electron chi connectivity index (χ2n) is 5.61. The number of hydrogen-bond donors (Lipinski definition) is 2. The van der Waals surface area contributed by atoms with E-state index < -0.39 is 17.4 Å². The average Bonchev–Trinajstić information content (AvgIpc) is 2.66. The molecule has 1 atom stereocenters. The minimum Gasteiger partial charge on any atom is -0.434 e. The average molecular weight is 523 g/mol. The number of guanidine groups is 1. The van der Waals surface area contributed by atoms with Gasteiger partial charge in [0.1, 0.15) is 5.75 Å². The van der Waals surface area contributed by atoms with Gasteiger partial charge in [-0.3, -0.25) is 9.20 Å². The number of alkyl halides is 2. The van der Waals surface area contributed by atoms with Gasteiger partial charge in [0, 0.05) is 48.0 Å². The molecule has 0 radical (unpaired) electrons. The zero-order valence-electron chi connectivity index (χ0n) is 15.4. The molecule has 0 saturated heterocycles. The Kier molecular flexibility index (Phi) is 11.7. The van der Waals surface area contributed by atoms with Crippen molar-refractivity contribution in [1.29, 1.82) is 0 Å². The van der Waals surface area contributed by atoms with Crippen LogP contribution in [-0.4, -0.2) is 36.1 Å². The number of nitrogens with zero attached hydrogens (tertiary/aromatic N) is 1. The van der Waals surface area contributed by atoms with Crippen LogP contribution in [0.5, 0.6) is 5.75 Å². The van der Waals surface area contributed by atoms with E-state index in [1.807, 2.05) is 30.3 Å². The van der Waals surface area contributed by atoms with E-state index in [4.69, 9.17) is 0 Å². The molecule has 0 amide bonds. The fraction of sp³-hybridized carbons (Fsp3) is 0.316. The molecule has 0 spiro atoms. The minimum absolute atomic E-state index is 0. The summed E-state index contributed by atoms with van der Waals surface area (Å²) in [4.78, 5) is 4.08. The molecular weight excluding hydrogens is 499 g/mol. The fourth-order valence-corrected chi connectivity index (χ4v) is 3.41. The number of para-hydroxylation sites is 1. The van der Waals surface area contributed by atoms with Crippen LogP contribution in [0.2, 0.25) is 0 Å². The molecule has 9 heteroatoms. The molecule has 0 aliphatic rings. The van der Waals surface area contributed by atoms with E-state index in [1.165, 1.54) is 6.07 Å². The Morgan fingerprint density at radius 3 is 2.46 bits per heavy atom. The van der Waals surface area contributed by atoms with Crippen molar-refractivity contribution in [3.05, 3.63) is 65.7 Å². The molecule has 2 aromatic rings. The van der Waals surface area contributed by atoms with Gasteiger partial charge in [-0.2, -0.15) is 8.78 Å². The third kappa shape index (κ3) is 8.96. The van der Waals surface area contributed by atoms with Crippen molar-refractivity contribution in [3.8, 4) is 5.75 Å². The van der Waals surface area contributed by atoms with E-state index in [2.05, 4.69) is 20.4 Å². The molecule has 0 bridgehead atoms. The summed E-state index contributed by atoms with van der Waals surface area (Å²) in [6.07, 6.45) is 0. The zero-order valence-corrected chi connectivity index (χ0v) is 18.6. The van der Waals surface area contributed by atoms with Gasteiger partial charge in [0.15, 0.2) is 5.96 Å². The summed E-state index contributed by atoms with van der Waals surface area (Å²) >= 11 is 0. The number of nitrogens with one attached hydrogen (secondary N) is 2. The fourth-order valence-electron chi connectivity index (χ4n) is 2.38. The van der Waals surface area contributed by atoms with Crippen molar-refractivity contribution in [2.45, 2.75) is 18.9 Å². The summed E-state index contributed by atoms with van der Waals surface area (Å²) < 4.78 is 41.6. The lowest BCUT2D eigenvalue weighted by atomic mass is 10.2. The standard InChI is InChI=1S/C19H23F2N3O2S.HI/c1-22-19(23-11-12-27(25)14-15-7-3-2-4-8-15)24-13-16-9-5-6-10-17(16)26-18(20)21;/h2-10,18H,11-14H2,1H3,(H2,22,23,24);1H. The van der Waals surface area contributed by atoms with Crippen LogP contribution < -0.4 is 15.4 Å². The van der Waals surface area contributed by atoms with Gasteiger partial charge in [0.05, 0.1) is 0 Å². The van der Waals surface area contributed by atoms with Crippen LogP contribution in [0, 0.1) is 0 Å². The largest absolute Gasteiger partial charge is 0.434 e. The zero-order chi connectivity index (χ0) is 19.5. The number of halogens is 3. The Bertz CT molecular complexity index is 764. The second-order valence-corrected chi connectivity index (χ2v) is 7.19. The predicted molar refractivity (Wildman–Crippen MR) is 120 cm³/mol. The summed E-state index contributed by atoms with van der Waals surface area (Å²) in [7, 11) is 0.621. The predicted octanol–water partition coefficient (Wildman–Crippen LogP) is 3.52. The molecule has 28 heavy (non-hydrogen) atoms. The highest BCUT2D eigenvalue weighted by Crippen LogP contribution is 2.19. The Labute approximate surface area is 183 Å². The number of aliphatic imine (C=N–C) groups is 1. The van der Waals surface area contributed by atoms with Gasteiger partial charge in [-0.1, -0.05) is 48.5 Å². The Balaban J connectivity index is 0.00000392. The van der Waals surface area contributed by atoms with E-state index in [0.717, 1.165) is 5.56 Å². The van der Waals surface area contributed by atoms with Crippen LogP contribution in [0.25, 0.3) is 0 Å². The van der Waals surface area contributed by atoms with Gasteiger partial charge in [-0.25, -0.2) is 0 Å². The molecule has 2 aromatic carbocycles. The summed E-state index contributed by atoms with van der Waals surface area (Å²) in [5.41, 5.74) is 1.63. The van der Waals surface area contributed by atoms with Gasteiger partial charge in [0.25, 0.3) is 0 Å². The van der Waals surface area contributed by atoms with Gasteiger partial charge >= 0.3 is 6.61 Å². The van der Waals surface area contributed by atoms with Crippen LogP contribution >= 0.6 is 24.0 Å². The lowest BCUT2D eigenvalue weighted by Gasteiger charge is -2.14. The lowest BCUT2D eigenvalue weighted by Crippen LogP contribution is -2.38. The first-order chi connectivity index (χ1) is 13.1. The SMILES string of the molecule is CN=C(NCCS(=O)Cc1ccccc1)NCc1ccccc1OC(F)F.I. The first kappa shape index (κ1) is 24.3. The monoisotopic (exact) mass is 523 g/mol. The molecule has 154 valence electrons.